The molecule has 0 amide bonds. The van der Waals surface area contributed by atoms with Crippen LogP contribution in [-0.4, -0.2) is 36.9 Å². The van der Waals surface area contributed by atoms with Crippen molar-refractivity contribution in [1.29, 1.82) is 0 Å². The summed E-state index contributed by atoms with van der Waals surface area (Å²) in [6, 6.07) is -0.228. The van der Waals surface area contributed by atoms with E-state index in [0.717, 1.165) is 19.4 Å². The summed E-state index contributed by atoms with van der Waals surface area (Å²) in [5.74, 6) is -0.162. The van der Waals surface area contributed by atoms with Crippen LogP contribution in [0.2, 0.25) is 0 Å². The van der Waals surface area contributed by atoms with E-state index in [4.69, 9.17) is 9.47 Å². The highest BCUT2D eigenvalue weighted by Crippen LogP contribution is 2.26. The first kappa shape index (κ1) is 13.5. The van der Waals surface area contributed by atoms with Gasteiger partial charge in [-0.25, -0.2) is 0 Å². The van der Waals surface area contributed by atoms with Gasteiger partial charge in [0.1, 0.15) is 6.04 Å². The van der Waals surface area contributed by atoms with E-state index in [2.05, 4.69) is 12.2 Å². The van der Waals surface area contributed by atoms with E-state index in [1.807, 2.05) is 20.8 Å². The summed E-state index contributed by atoms with van der Waals surface area (Å²) >= 11 is 0. The van der Waals surface area contributed by atoms with Gasteiger partial charge in [0.15, 0.2) is 0 Å². The molecular weight excluding hydrogens is 206 g/mol. The maximum Gasteiger partial charge on any atom is 0.323 e. The molecule has 1 aliphatic heterocycles. The van der Waals surface area contributed by atoms with Crippen LogP contribution in [0.25, 0.3) is 0 Å². The Kier molecular flexibility index (Phi) is 4.74. The van der Waals surface area contributed by atoms with Crippen LogP contribution in [0.3, 0.4) is 0 Å². The molecule has 1 rings (SSSR count). The van der Waals surface area contributed by atoms with E-state index < -0.39 is 0 Å². The Bertz CT molecular complexity index is 244. The molecule has 0 aromatic carbocycles. The molecule has 0 radical (unpaired) electrons. The van der Waals surface area contributed by atoms with Gasteiger partial charge in [-0.15, -0.1) is 0 Å². The monoisotopic (exact) mass is 229 g/mol. The number of nitrogens with one attached hydrogen (secondary N) is 1. The van der Waals surface area contributed by atoms with Crippen molar-refractivity contribution in [3.05, 3.63) is 0 Å². The lowest BCUT2D eigenvalue weighted by atomic mass is 9.93. The van der Waals surface area contributed by atoms with Crippen LogP contribution in [-0.2, 0) is 14.3 Å². The van der Waals surface area contributed by atoms with Gasteiger partial charge in [0.05, 0.1) is 12.7 Å². The molecule has 0 aromatic rings. The number of ether oxygens (including phenoxy) is 2. The predicted molar refractivity (Wildman–Crippen MR) is 62.3 cm³/mol. The maximum absolute atomic E-state index is 11.7. The number of carbonyl (C=O) groups excluding carboxylic acids is 1. The van der Waals surface area contributed by atoms with Crippen LogP contribution < -0.4 is 5.32 Å². The van der Waals surface area contributed by atoms with Crippen LogP contribution in [0.4, 0.5) is 0 Å². The molecule has 0 spiro atoms. The zero-order valence-corrected chi connectivity index (χ0v) is 10.7. The Morgan fingerprint density at radius 2 is 2.31 bits per heavy atom. The van der Waals surface area contributed by atoms with Crippen molar-refractivity contribution in [2.75, 3.05) is 13.2 Å². The molecule has 16 heavy (non-hydrogen) atoms. The molecule has 1 fully saturated rings. The van der Waals surface area contributed by atoms with E-state index in [0.29, 0.717) is 6.61 Å². The molecule has 0 aromatic heterocycles. The van der Waals surface area contributed by atoms with Gasteiger partial charge in [-0.05, 0) is 33.6 Å². The molecule has 3 atom stereocenters. The Morgan fingerprint density at radius 1 is 1.62 bits per heavy atom. The molecule has 1 heterocycles. The Labute approximate surface area is 97.7 Å². The highest BCUT2D eigenvalue weighted by Gasteiger charge is 2.39. The summed E-state index contributed by atoms with van der Waals surface area (Å²) in [7, 11) is 0. The van der Waals surface area contributed by atoms with E-state index in [1.165, 1.54) is 0 Å². The third kappa shape index (κ3) is 2.95. The number of hydrogen-bond acceptors (Lipinski definition) is 4. The predicted octanol–water partition coefficient (Wildman–Crippen LogP) is 1.49. The van der Waals surface area contributed by atoms with Crippen molar-refractivity contribution < 1.29 is 14.3 Å². The second kappa shape index (κ2) is 5.64. The molecule has 1 saturated heterocycles. The van der Waals surface area contributed by atoms with Crippen LogP contribution in [0, 0.1) is 0 Å². The number of hydrogen-bond donors (Lipinski definition) is 1. The Balaban J connectivity index is 2.58. The van der Waals surface area contributed by atoms with Gasteiger partial charge >= 0.3 is 5.97 Å². The SMILES string of the molecule is CCOC(=O)C(CC)NC1(C)CCOC1C. The van der Waals surface area contributed by atoms with Gasteiger partial charge in [-0.2, -0.15) is 0 Å². The van der Waals surface area contributed by atoms with Crippen LogP contribution in [0.15, 0.2) is 0 Å². The summed E-state index contributed by atoms with van der Waals surface area (Å²) < 4.78 is 10.6. The third-order valence-corrected chi connectivity index (χ3v) is 3.37. The number of rotatable bonds is 5. The lowest BCUT2D eigenvalue weighted by Gasteiger charge is -2.32. The molecule has 1 aliphatic rings. The lowest BCUT2D eigenvalue weighted by molar-refractivity contribution is -0.146. The first-order chi connectivity index (χ1) is 7.53. The van der Waals surface area contributed by atoms with Crippen molar-refractivity contribution in [3.63, 3.8) is 0 Å². The summed E-state index contributed by atoms with van der Waals surface area (Å²) in [6.07, 6.45) is 1.81. The molecule has 94 valence electrons. The smallest absolute Gasteiger partial charge is 0.323 e. The standard InChI is InChI=1S/C12H23NO3/c1-5-10(11(14)15-6-2)13-12(4)7-8-16-9(12)3/h9-10,13H,5-8H2,1-4H3. The fourth-order valence-electron chi connectivity index (χ4n) is 1.99. The minimum Gasteiger partial charge on any atom is -0.465 e. The van der Waals surface area contributed by atoms with Gasteiger partial charge in [-0.3, -0.25) is 10.1 Å². The average molecular weight is 229 g/mol. The van der Waals surface area contributed by atoms with Crippen LogP contribution in [0.5, 0.6) is 0 Å². The van der Waals surface area contributed by atoms with Gasteiger partial charge in [0, 0.05) is 12.1 Å². The van der Waals surface area contributed by atoms with E-state index in [-0.39, 0.29) is 23.7 Å². The van der Waals surface area contributed by atoms with E-state index >= 15 is 0 Å². The minimum atomic E-state index is -0.228. The van der Waals surface area contributed by atoms with Crippen molar-refractivity contribution in [3.8, 4) is 0 Å². The second-order valence-corrected chi connectivity index (χ2v) is 4.54. The van der Waals surface area contributed by atoms with Crippen molar-refractivity contribution in [2.24, 2.45) is 0 Å². The van der Waals surface area contributed by atoms with E-state index in [9.17, 15) is 4.79 Å². The molecule has 0 saturated carbocycles. The average Bonchev–Trinajstić information content (AvgIpc) is 2.56. The zero-order valence-electron chi connectivity index (χ0n) is 10.7. The zero-order chi connectivity index (χ0) is 12.2. The first-order valence-electron chi connectivity index (χ1n) is 6.09. The highest BCUT2D eigenvalue weighted by molar-refractivity contribution is 5.75. The maximum atomic E-state index is 11.7. The lowest BCUT2D eigenvalue weighted by Crippen LogP contribution is -2.55. The summed E-state index contributed by atoms with van der Waals surface area (Å²) in [5.41, 5.74) is -0.118. The highest BCUT2D eigenvalue weighted by atomic mass is 16.5. The van der Waals surface area contributed by atoms with Gasteiger partial charge < -0.3 is 9.47 Å². The molecule has 1 N–H and O–H groups in total. The molecular formula is C12H23NO3. The second-order valence-electron chi connectivity index (χ2n) is 4.54. The molecule has 0 bridgehead atoms. The minimum absolute atomic E-state index is 0.118. The number of carbonyl (C=O) groups is 1. The quantitative estimate of drug-likeness (QED) is 0.725. The first-order valence-corrected chi connectivity index (χ1v) is 6.09. The molecule has 0 aliphatic carbocycles. The fraction of sp³-hybridized carbons (Fsp3) is 0.917. The van der Waals surface area contributed by atoms with Crippen LogP contribution in [0.1, 0.15) is 40.5 Å². The Morgan fingerprint density at radius 3 is 2.75 bits per heavy atom. The van der Waals surface area contributed by atoms with Crippen LogP contribution >= 0.6 is 0 Å². The molecule has 3 unspecified atom stereocenters. The Hall–Kier alpha value is -0.610. The van der Waals surface area contributed by atoms with Crippen molar-refractivity contribution >= 4 is 5.97 Å². The topological polar surface area (TPSA) is 47.6 Å². The fourth-order valence-corrected chi connectivity index (χ4v) is 1.99. The molecule has 4 nitrogen and oxygen atoms in total. The largest absolute Gasteiger partial charge is 0.465 e. The number of esters is 1. The summed E-state index contributed by atoms with van der Waals surface area (Å²) in [4.78, 5) is 11.7. The van der Waals surface area contributed by atoms with Crippen molar-refractivity contribution in [1.82, 2.24) is 5.32 Å². The van der Waals surface area contributed by atoms with E-state index in [1.54, 1.807) is 0 Å². The van der Waals surface area contributed by atoms with Crippen molar-refractivity contribution in [2.45, 2.75) is 58.2 Å². The normalized spacial score (nSPS) is 31.4. The summed E-state index contributed by atoms with van der Waals surface area (Å²) in [6.45, 7) is 9.14. The van der Waals surface area contributed by atoms with Gasteiger partial charge in [0.2, 0.25) is 0 Å². The van der Waals surface area contributed by atoms with Gasteiger partial charge in [0.25, 0.3) is 0 Å². The third-order valence-electron chi connectivity index (χ3n) is 3.37. The molecule has 4 heteroatoms. The van der Waals surface area contributed by atoms with Gasteiger partial charge in [-0.1, -0.05) is 6.92 Å². The summed E-state index contributed by atoms with van der Waals surface area (Å²) in [5, 5.41) is 3.38.